The van der Waals surface area contributed by atoms with Gasteiger partial charge < -0.3 is 11.1 Å². The van der Waals surface area contributed by atoms with Crippen LogP contribution in [0.2, 0.25) is 0 Å². The Hall–Kier alpha value is -1.96. The van der Waals surface area contributed by atoms with Crippen LogP contribution in [0.5, 0.6) is 0 Å². The standard InChI is InChI=1S/C13H21N5O3/c14-7-10-3-1-2-4-12(10)16-13(19)5-6-17-9-11(8-15-17)18(20)21/h8-10,12H,1-7,14H2,(H,16,19). The average molecular weight is 295 g/mol. The van der Waals surface area contributed by atoms with E-state index in [0.29, 0.717) is 19.0 Å². The second-order valence-corrected chi connectivity index (χ2v) is 5.42. The fraction of sp³-hybridized carbons (Fsp3) is 0.692. The van der Waals surface area contributed by atoms with E-state index in [0.717, 1.165) is 19.3 Å². The van der Waals surface area contributed by atoms with Gasteiger partial charge in [-0.1, -0.05) is 12.8 Å². The zero-order valence-corrected chi connectivity index (χ0v) is 11.9. The molecule has 21 heavy (non-hydrogen) atoms. The van der Waals surface area contributed by atoms with E-state index in [1.54, 1.807) is 0 Å². The quantitative estimate of drug-likeness (QED) is 0.595. The third-order valence-corrected chi connectivity index (χ3v) is 3.96. The van der Waals surface area contributed by atoms with E-state index in [9.17, 15) is 14.9 Å². The Morgan fingerprint density at radius 2 is 2.29 bits per heavy atom. The smallest absolute Gasteiger partial charge is 0.306 e. The second-order valence-electron chi connectivity index (χ2n) is 5.42. The van der Waals surface area contributed by atoms with Crippen molar-refractivity contribution in [2.24, 2.45) is 11.7 Å². The molecule has 1 aliphatic rings. The van der Waals surface area contributed by atoms with Gasteiger partial charge in [0.15, 0.2) is 0 Å². The molecule has 1 aromatic rings. The largest absolute Gasteiger partial charge is 0.353 e. The summed E-state index contributed by atoms with van der Waals surface area (Å²) in [5.41, 5.74) is 5.67. The number of amides is 1. The number of nitrogens with one attached hydrogen (secondary N) is 1. The number of nitrogens with zero attached hydrogens (tertiary/aromatic N) is 3. The highest BCUT2D eigenvalue weighted by atomic mass is 16.6. The van der Waals surface area contributed by atoms with Crippen molar-refractivity contribution in [1.82, 2.24) is 15.1 Å². The van der Waals surface area contributed by atoms with Gasteiger partial charge in [-0.05, 0) is 25.3 Å². The molecule has 0 saturated heterocycles. The third-order valence-electron chi connectivity index (χ3n) is 3.96. The van der Waals surface area contributed by atoms with E-state index in [1.165, 1.54) is 23.5 Å². The third kappa shape index (κ3) is 4.25. The lowest BCUT2D eigenvalue weighted by molar-refractivity contribution is -0.385. The van der Waals surface area contributed by atoms with Crippen LogP contribution in [0.1, 0.15) is 32.1 Å². The molecule has 0 bridgehead atoms. The molecule has 1 amide bonds. The lowest BCUT2D eigenvalue weighted by Gasteiger charge is -2.31. The van der Waals surface area contributed by atoms with Crippen molar-refractivity contribution in [3.63, 3.8) is 0 Å². The molecule has 3 N–H and O–H groups in total. The topological polar surface area (TPSA) is 116 Å². The van der Waals surface area contributed by atoms with E-state index in [-0.39, 0.29) is 24.1 Å². The van der Waals surface area contributed by atoms with Gasteiger partial charge in [-0.3, -0.25) is 19.6 Å². The molecular formula is C13H21N5O3. The molecule has 0 radical (unpaired) electrons. The summed E-state index contributed by atoms with van der Waals surface area (Å²) in [5.74, 6) is 0.298. The van der Waals surface area contributed by atoms with Crippen LogP contribution in [0.3, 0.4) is 0 Å². The van der Waals surface area contributed by atoms with E-state index >= 15 is 0 Å². The van der Waals surface area contributed by atoms with Crippen molar-refractivity contribution in [3.8, 4) is 0 Å². The molecule has 0 aliphatic heterocycles. The summed E-state index contributed by atoms with van der Waals surface area (Å²) >= 11 is 0. The summed E-state index contributed by atoms with van der Waals surface area (Å²) in [6.07, 6.45) is 7.10. The van der Waals surface area contributed by atoms with E-state index in [1.807, 2.05) is 0 Å². The SMILES string of the molecule is NCC1CCCCC1NC(=O)CCn1cc([N+](=O)[O-])cn1. The van der Waals surface area contributed by atoms with E-state index in [4.69, 9.17) is 5.73 Å². The minimum atomic E-state index is -0.503. The molecule has 116 valence electrons. The lowest BCUT2D eigenvalue weighted by Crippen LogP contribution is -2.44. The van der Waals surface area contributed by atoms with Crippen LogP contribution in [0, 0.1) is 16.0 Å². The Balaban J connectivity index is 1.79. The Morgan fingerprint density at radius 1 is 1.52 bits per heavy atom. The minimum absolute atomic E-state index is 0.0569. The monoisotopic (exact) mass is 295 g/mol. The molecular weight excluding hydrogens is 274 g/mol. The molecule has 1 fully saturated rings. The summed E-state index contributed by atoms with van der Waals surface area (Å²) in [6, 6.07) is 0.156. The fourth-order valence-electron chi connectivity index (χ4n) is 2.74. The van der Waals surface area contributed by atoms with Gasteiger partial charge in [-0.25, -0.2) is 0 Å². The molecule has 1 aliphatic carbocycles. The van der Waals surface area contributed by atoms with Crippen molar-refractivity contribution in [2.75, 3.05) is 6.54 Å². The number of carbonyl (C=O) groups is 1. The van der Waals surface area contributed by atoms with Gasteiger partial charge >= 0.3 is 5.69 Å². The maximum absolute atomic E-state index is 12.0. The fourth-order valence-corrected chi connectivity index (χ4v) is 2.74. The molecule has 0 aromatic carbocycles. The molecule has 1 saturated carbocycles. The molecule has 0 spiro atoms. The van der Waals surface area contributed by atoms with Gasteiger partial charge in [0.2, 0.25) is 5.91 Å². The van der Waals surface area contributed by atoms with Crippen LogP contribution < -0.4 is 11.1 Å². The predicted molar refractivity (Wildman–Crippen MR) is 76.4 cm³/mol. The zero-order valence-electron chi connectivity index (χ0n) is 11.9. The highest BCUT2D eigenvalue weighted by Gasteiger charge is 2.25. The Kier molecular flexibility index (Phi) is 5.26. The molecule has 2 unspecified atom stereocenters. The maximum atomic E-state index is 12.0. The maximum Gasteiger partial charge on any atom is 0.306 e. The van der Waals surface area contributed by atoms with E-state index < -0.39 is 4.92 Å². The summed E-state index contributed by atoms with van der Waals surface area (Å²) < 4.78 is 1.42. The number of carbonyl (C=O) groups excluding carboxylic acids is 1. The van der Waals surface area contributed by atoms with Crippen LogP contribution >= 0.6 is 0 Å². The first-order valence-electron chi connectivity index (χ1n) is 7.26. The summed E-state index contributed by atoms with van der Waals surface area (Å²) in [5, 5.41) is 17.4. The first kappa shape index (κ1) is 15.4. The predicted octanol–water partition coefficient (Wildman–Crippen LogP) is 0.815. The average Bonchev–Trinajstić information content (AvgIpc) is 2.95. The number of hydrogen-bond acceptors (Lipinski definition) is 5. The van der Waals surface area contributed by atoms with Crippen molar-refractivity contribution in [1.29, 1.82) is 0 Å². The molecule has 1 heterocycles. The van der Waals surface area contributed by atoms with Crippen LogP contribution in [-0.2, 0) is 11.3 Å². The molecule has 8 nitrogen and oxygen atoms in total. The zero-order chi connectivity index (χ0) is 15.2. The van der Waals surface area contributed by atoms with Crippen LogP contribution in [0.15, 0.2) is 12.4 Å². The van der Waals surface area contributed by atoms with Gasteiger partial charge in [-0.15, -0.1) is 0 Å². The van der Waals surface area contributed by atoms with Crippen LogP contribution in [0.25, 0.3) is 0 Å². The molecule has 8 heteroatoms. The van der Waals surface area contributed by atoms with Crippen molar-refractivity contribution in [2.45, 2.75) is 44.7 Å². The Labute approximate surface area is 122 Å². The van der Waals surface area contributed by atoms with Crippen LogP contribution in [-0.4, -0.2) is 33.2 Å². The number of hydrogen-bond donors (Lipinski definition) is 2. The van der Waals surface area contributed by atoms with Crippen molar-refractivity contribution in [3.05, 3.63) is 22.5 Å². The second kappa shape index (κ2) is 7.16. The first-order valence-corrected chi connectivity index (χ1v) is 7.26. The number of aryl methyl sites for hydroxylation is 1. The van der Waals surface area contributed by atoms with E-state index in [2.05, 4.69) is 10.4 Å². The van der Waals surface area contributed by atoms with Gasteiger partial charge in [0.05, 0.1) is 4.92 Å². The summed E-state index contributed by atoms with van der Waals surface area (Å²) in [7, 11) is 0. The van der Waals surface area contributed by atoms with Gasteiger partial charge in [0.1, 0.15) is 12.4 Å². The number of nitro groups is 1. The Bertz CT molecular complexity index is 502. The first-order chi connectivity index (χ1) is 10.1. The lowest BCUT2D eigenvalue weighted by atomic mass is 9.84. The number of rotatable bonds is 6. The summed E-state index contributed by atoms with van der Waals surface area (Å²) in [4.78, 5) is 22.0. The number of aromatic nitrogens is 2. The highest BCUT2D eigenvalue weighted by Crippen LogP contribution is 2.23. The van der Waals surface area contributed by atoms with Gasteiger partial charge in [-0.2, -0.15) is 5.10 Å². The Morgan fingerprint density at radius 3 is 2.95 bits per heavy atom. The van der Waals surface area contributed by atoms with Gasteiger partial charge in [0, 0.05) is 19.0 Å². The molecule has 2 rings (SSSR count). The van der Waals surface area contributed by atoms with Crippen molar-refractivity contribution >= 4 is 11.6 Å². The number of nitrogens with two attached hydrogens (primary N) is 1. The molecule has 2 atom stereocenters. The van der Waals surface area contributed by atoms with Crippen LogP contribution in [0.4, 0.5) is 5.69 Å². The van der Waals surface area contributed by atoms with Crippen molar-refractivity contribution < 1.29 is 9.72 Å². The summed E-state index contributed by atoms with van der Waals surface area (Å²) in [6.45, 7) is 0.927. The molecule has 1 aromatic heterocycles. The highest BCUT2D eigenvalue weighted by molar-refractivity contribution is 5.76. The van der Waals surface area contributed by atoms with Gasteiger partial charge in [0.25, 0.3) is 0 Å². The minimum Gasteiger partial charge on any atom is -0.353 e. The normalized spacial score (nSPS) is 22.0.